The maximum atomic E-state index is 13.0. The zero-order valence-electron chi connectivity index (χ0n) is 19.1. The summed E-state index contributed by atoms with van der Waals surface area (Å²) < 4.78 is 6.01. The predicted octanol–water partition coefficient (Wildman–Crippen LogP) is 6.01. The third-order valence-electron chi connectivity index (χ3n) is 6.54. The fraction of sp³-hybridized carbons (Fsp3) is 0.423. The van der Waals surface area contributed by atoms with Crippen LogP contribution in [0.4, 0.5) is 10.9 Å². The molecule has 1 unspecified atom stereocenters. The van der Waals surface area contributed by atoms with Crippen LogP contribution in [0.15, 0.2) is 48.7 Å². The van der Waals surface area contributed by atoms with Gasteiger partial charge in [-0.15, -0.1) is 11.3 Å². The van der Waals surface area contributed by atoms with Crippen molar-refractivity contribution < 1.29 is 9.53 Å². The quantitative estimate of drug-likeness (QED) is 0.453. The smallest absolute Gasteiger partial charge is 0.225 e. The molecule has 1 atom stereocenters. The number of pyridine rings is 1. The lowest BCUT2D eigenvalue weighted by Gasteiger charge is -2.35. The summed E-state index contributed by atoms with van der Waals surface area (Å²) in [5.41, 5.74) is 1.92. The normalized spacial score (nSPS) is 19.2. The minimum atomic E-state index is -0.213. The molecule has 1 N–H and O–H groups in total. The number of amides is 1. The summed E-state index contributed by atoms with van der Waals surface area (Å²) in [5.74, 6) is 1.19. The van der Waals surface area contributed by atoms with Gasteiger partial charge in [-0.25, -0.2) is 9.97 Å². The zero-order chi connectivity index (χ0) is 23.3. The SMILES string of the molecule is O=C(C1CCCCC1)N1CCOC(c2cccc(Nc3ncc(Cc4ccccc4Cl)s3)n2)C1. The van der Waals surface area contributed by atoms with Crippen molar-refractivity contribution in [2.45, 2.75) is 44.6 Å². The van der Waals surface area contributed by atoms with Gasteiger partial charge >= 0.3 is 0 Å². The minimum Gasteiger partial charge on any atom is -0.368 e. The van der Waals surface area contributed by atoms with E-state index in [9.17, 15) is 4.79 Å². The van der Waals surface area contributed by atoms with Crippen molar-refractivity contribution >= 4 is 39.8 Å². The summed E-state index contributed by atoms with van der Waals surface area (Å²) in [7, 11) is 0. The van der Waals surface area contributed by atoms with Crippen LogP contribution in [0, 0.1) is 5.92 Å². The number of thiazole rings is 1. The largest absolute Gasteiger partial charge is 0.368 e. The molecule has 2 fully saturated rings. The first-order valence-corrected chi connectivity index (χ1v) is 13.2. The van der Waals surface area contributed by atoms with Crippen LogP contribution in [0.25, 0.3) is 0 Å². The van der Waals surface area contributed by atoms with Gasteiger partial charge in [-0.3, -0.25) is 4.79 Å². The second-order valence-electron chi connectivity index (χ2n) is 8.95. The molecule has 5 rings (SSSR count). The van der Waals surface area contributed by atoms with E-state index in [0.29, 0.717) is 19.7 Å². The number of carbonyl (C=O) groups excluding carboxylic acids is 1. The number of morpholine rings is 1. The first-order valence-electron chi connectivity index (χ1n) is 12.0. The number of nitrogens with one attached hydrogen (secondary N) is 1. The monoisotopic (exact) mass is 496 g/mol. The van der Waals surface area contributed by atoms with E-state index < -0.39 is 0 Å². The van der Waals surface area contributed by atoms with Gasteiger partial charge in [-0.05, 0) is 36.6 Å². The number of anilines is 2. The standard InChI is InChI=1S/C26H29ClN4O2S/c27-21-10-5-4-9-19(21)15-20-16-28-26(34-20)30-24-12-6-11-22(29-24)23-17-31(13-14-33-23)25(32)18-7-2-1-3-8-18/h4-6,9-12,16,18,23H,1-3,7-8,13-15,17H2,(H,28,29,30). The van der Waals surface area contributed by atoms with Crippen molar-refractivity contribution in [1.82, 2.24) is 14.9 Å². The van der Waals surface area contributed by atoms with Crippen molar-refractivity contribution in [1.29, 1.82) is 0 Å². The molecule has 0 spiro atoms. The lowest BCUT2D eigenvalue weighted by Crippen LogP contribution is -2.45. The molecule has 0 bridgehead atoms. The lowest BCUT2D eigenvalue weighted by atomic mass is 9.88. The number of carbonyl (C=O) groups is 1. The zero-order valence-corrected chi connectivity index (χ0v) is 20.7. The van der Waals surface area contributed by atoms with Crippen LogP contribution in [0.3, 0.4) is 0 Å². The summed E-state index contributed by atoms with van der Waals surface area (Å²) in [5, 5.41) is 4.87. The Morgan fingerprint density at radius 3 is 2.85 bits per heavy atom. The third-order valence-corrected chi connectivity index (χ3v) is 7.83. The molecule has 1 aromatic carbocycles. The van der Waals surface area contributed by atoms with E-state index in [0.717, 1.165) is 64.2 Å². The van der Waals surface area contributed by atoms with Crippen LogP contribution in [0.2, 0.25) is 5.02 Å². The third kappa shape index (κ3) is 5.59. The fourth-order valence-corrected chi connectivity index (χ4v) is 5.77. The highest BCUT2D eigenvalue weighted by molar-refractivity contribution is 7.15. The van der Waals surface area contributed by atoms with Crippen LogP contribution in [0.5, 0.6) is 0 Å². The number of hydrogen-bond acceptors (Lipinski definition) is 6. The van der Waals surface area contributed by atoms with Gasteiger partial charge in [0.2, 0.25) is 5.91 Å². The van der Waals surface area contributed by atoms with Crippen molar-refractivity contribution in [3.8, 4) is 0 Å². The van der Waals surface area contributed by atoms with Gasteiger partial charge in [0.1, 0.15) is 11.9 Å². The maximum Gasteiger partial charge on any atom is 0.225 e. The second-order valence-corrected chi connectivity index (χ2v) is 10.5. The van der Waals surface area contributed by atoms with Crippen molar-refractivity contribution in [3.63, 3.8) is 0 Å². The Kier molecular flexibility index (Phi) is 7.42. The first-order chi connectivity index (χ1) is 16.7. The van der Waals surface area contributed by atoms with E-state index in [-0.39, 0.29) is 17.9 Å². The topological polar surface area (TPSA) is 67.3 Å². The fourth-order valence-electron chi connectivity index (χ4n) is 4.72. The number of benzene rings is 1. The average molecular weight is 497 g/mol. The molecule has 3 aromatic rings. The van der Waals surface area contributed by atoms with Gasteiger partial charge in [0.25, 0.3) is 0 Å². The molecule has 1 aliphatic heterocycles. The second kappa shape index (κ2) is 10.8. The number of rotatable bonds is 6. The highest BCUT2D eigenvalue weighted by Gasteiger charge is 2.31. The van der Waals surface area contributed by atoms with E-state index in [1.807, 2.05) is 53.6 Å². The Morgan fingerprint density at radius 1 is 1.15 bits per heavy atom. The minimum absolute atomic E-state index is 0.179. The summed E-state index contributed by atoms with van der Waals surface area (Å²) in [6, 6.07) is 13.7. The van der Waals surface area contributed by atoms with Gasteiger partial charge in [0.15, 0.2) is 5.13 Å². The van der Waals surface area contributed by atoms with Gasteiger partial charge in [0, 0.05) is 35.0 Å². The highest BCUT2D eigenvalue weighted by Crippen LogP contribution is 2.30. The van der Waals surface area contributed by atoms with Gasteiger partial charge in [-0.1, -0.05) is 55.1 Å². The molecular weight excluding hydrogens is 468 g/mol. The molecule has 2 aliphatic rings. The van der Waals surface area contributed by atoms with Crippen molar-refractivity contribution in [2.75, 3.05) is 25.0 Å². The van der Waals surface area contributed by atoms with Gasteiger partial charge < -0.3 is 15.0 Å². The summed E-state index contributed by atoms with van der Waals surface area (Å²) >= 11 is 7.89. The van der Waals surface area contributed by atoms with Crippen LogP contribution >= 0.6 is 22.9 Å². The number of halogens is 1. The maximum absolute atomic E-state index is 13.0. The molecule has 1 amide bonds. The van der Waals surface area contributed by atoms with Crippen LogP contribution in [-0.2, 0) is 16.0 Å². The lowest BCUT2D eigenvalue weighted by molar-refractivity contribution is -0.144. The number of ether oxygens (including phenoxy) is 1. The molecular formula is C26H29ClN4O2S. The summed E-state index contributed by atoms with van der Waals surface area (Å²) in [6.07, 6.45) is 8.02. The van der Waals surface area contributed by atoms with Crippen molar-refractivity contribution in [2.24, 2.45) is 5.92 Å². The predicted molar refractivity (Wildman–Crippen MR) is 136 cm³/mol. The molecule has 0 radical (unpaired) electrons. The Hall–Kier alpha value is -2.48. The molecule has 8 heteroatoms. The molecule has 2 aromatic heterocycles. The Bertz CT molecular complexity index is 1130. The Morgan fingerprint density at radius 2 is 2.00 bits per heavy atom. The molecule has 1 saturated carbocycles. The highest BCUT2D eigenvalue weighted by atomic mass is 35.5. The molecule has 34 heavy (non-hydrogen) atoms. The number of aromatic nitrogens is 2. The van der Waals surface area contributed by atoms with Crippen LogP contribution in [0.1, 0.15) is 54.3 Å². The summed E-state index contributed by atoms with van der Waals surface area (Å²) in [4.78, 5) is 25.4. The van der Waals surface area contributed by atoms with E-state index in [1.54, 1.807) is 11.3 Å². The number of nitrogens with zero attached hydrogens (tertiary/aromatic N) is 3. The number of hydrogen-bond donors (Lipinski definition) is 1. The van der Waals surface area contributed by atoms with Crippen LogP contribution in [-0.4, -0.2) is 40.5 Å². The van der Waals surface area contributed by atoms with Gasteiger partial charge in [-0.2, -0.15) is 0 Å². The average Bonchev–Trinajstić information content (AvgIpc) is 3.32. The Balaban J connectivity index is 1.23. The molecule has 6 nitrogen and oxygen atoms in total. The van der Waals surface area contributed by atoms with E-state index in [1.165, 1.54) is 6.42 Å². The van der Waals surface area contributed by atoms with Crippen molar-refractivity contribution in [3.05, 3.63) is 69.8 Å². The molecule has 178 valence electrons. The molecule has 1 saturated heterocycles. The van der Waals surface area contributed by atoms with E-state index in [2.05, 4.69) is 10.3 Å². The van der Waals surface area contributed by atoms with E-state index >= 15 is 0 Å². The van der Waals surface area contributed by atoms with Gasteiger partial charge in [0.05, 0.1) is 18.8 Å². The van der Waals surface area contributed by atoms with Crippen LogP contribution < -0.4 is 5.32 Å². The van der Waals surface area contributed by atoms with E-state index in [4.69, 9.17) is 21.3 Å². The molecule has 3 heterocycles. The molecule has 1 aliphatic carbocycles. The summed E-state index contributed by atoms with van der Waals surface area (Å²) in [6.45, 7) is 1.77. The first kappa shape index (κ1) is 23.3. The Labute approximate surface area is 209 Å².